The van der Waals surface area contributed by atoms with Crippen molar-refractivity contribution in [1.29, 1.82) is 0 Å². The van der Waals surface area contributed by atoms with E-state index in [1.165, 1.54) is 13.0 Å². The molecule has 1 aromatic rings. The SMILES string of the molecule is CC(C(=O)Nc1cc(Cl)ccc1C#CCO)S(C)(=O)=O. The molecule has 2 N–H and O–H groups in total. The van der Waals surface area contributed by atoms with Crippen LogP contribution in [-0.4, -0.2) is 37.5 Å². The highest BCUT2D eigenvalue weighted by Gasteiger charge is 2.24. The van der Waals surface area contributed by atoms with Gasteiger partial charge in [0.2, 0.25) is 5.91 Å². The maximum atomic E-state index is 11.9. The van der Waals surface area contributed by atoms with Gasteiger partial charge in [-0.1, -0.05) is 23.4 Å². The van der Waals surface area contributed by atoms with E-state index in [0.29, 0.717) is 16.3 Å². The lowest BCUT2D eigenvalue weighted by molar-refractivity contribution is -0.115. The largest absolute Gasteiger partial charge is 0.384 e. The van der Waals surface area contributed by atoms with E-state index in [2.05, 4.69) is 17.2 Å². The Morgan fingerprint density at radius 2 is 2.15 bits per heavy atom. The minimum Gasteiger partial charge on any atom is -0.384 e. The summed E-state index contributed by atoms with van der Waals surface area (Å²) in [5.74, 6) is 4.44. The van der Waals surface area contributed by atoms with E-state index in [0.717, 1.165) is 6.26 Å². The molecule has 7 heteroatoms. The van der Waals surface area contributed by atoms with Crippen LogP contribution in [0, 0.1) is 11.8 Å². The smallest absolute Gasteiger partial charge is 0.242 e. The van der Waals surface area contributed by atoms with Gasteiger partial charge in [0.05, 0.1) is 5.69 Å². The number of rotatable bonds is 3. The third-order valence-electron chi connectivity index (χ3n) is 2.55. The highest BCUT2D eigenvalue weighted by atomic mass is 35.5. The molecule has 0 aliphatic carbocycles. The molecule has 0 aliphatic heterocycles. The Hall–Kier alpha value is -1.55. The van der Waals surface area contributed by atoms with Gasteiger partial charge in [0, 0.05) is 16.8 Å². The minimum atomic E-state index is -3.48. The van der Waals surface area contributed by atoms with Crippen LogP contribution in [0.2, 0.25) is 5.02 Å². The molecule has 0 aromatic heterocycles. The van der Waals surface area contributed by atoms with Crippen molar-refractivity contribution in [3.05, 3.63) is 28.8 Å². The van der Waals surface area contributed by atoms with Crippen LogP contribution in [0.25, 0.3) is 0 Å². The van der Waals surface area contributed by atoms with Crippen molar-refractivity contribution in [1.82, 2.24) is 0 Å². The first-order valence-electron chi connectivity index (χ1n) is 5.64. The molecule has 0 bridgehead atoms. The number of halogens is 1. The number of aliphatic hydroxyl groups excluding tert-OH is 1. The molecule has 0 heterocycles. The summed E-state index contributed by atoms with van der Waals surface area (Å²) in [6, 6.07) is 4.63. The molecule has 1 aromatic carbocycles. The van der Waals surface area contributed by atoms with Crippen molar-refractivity contribution in [2.45, 2.75) is 12.2 Å². The summed E-state index contributed by atoms with van der Waals surface area (Å²) in [7, 11) is -3.48. The fourth-order valence-corrected chi connectivity index (χ4v) is 1.91. The van der Waals surface area contributed by atoms with Gasteiger partial charge in [-0.25, -0.2) is 8.42 Å². The van der Waals surface area contributed by atoms with Gasteiger partial charge in [0.15, 0.2) is 9.84 Å². The highest BCUT2D eigenvalue weighted by Crippen LogP contribution is 2.21. The molecule has 108 valence electrons. The molecule has 1 amide bonds. The number of hydrogen-bond acceptors (Lipinski definition) is 4. The molecular weight excluding hydrogens is 302 g/mol. The summed E-state index contributed by atoms with van der Waals surface area (Å²) in [5, 5.41) is 10.4. The van der Waals surface area contributed by atoms with Gasteiger partial charge >= 0.3 is 0 Å². The molecule has 0 saturated carbocycles. The van der Waals surface area contributed by atoms with Crippen molar-refractivity contribution >= 4 is 33.0 Å². The fourth-order valence-electron chi connectivity index (χ4n) is 1.29. The van der Waals surface area contributed by atoms with Gasteiger partial charge < -0.3 is 10.4 Å². The van der Waals surface area contributed by atoms with Gasteiger partial charge in [-0.05, 0) is 25.1 Å². The van der Waals surface area contributed by atoms with Crippen LogP contribution in [0.3, 0.4) is 0 Å². The Bertz CT molecular complexity index is 673. The predicted molar refractivity (Wildman–Crippen MR) is 78.4 cm³/mol. The Morgan fingerprint density at radius 3 is 2.70 bits per heavy atom. The molecule has 0 saturated heterocycles. The summed E-state index contributed by atoms with van der Waals surface area (Å²) >= 11 is 5.84. The molecule has 1 unspecified atom stereocenters. The maximum absolute atomic E-state index is 11.9. The van der Waals surface area contributed by atoms with Gasteiger partial charge in [-0.15, -0.1) is 0 Å². The topological polar surface area (TPSA) is 83.5 Å². The lowest BCUT2D eigenvalue weighted by Gasteiger charge is -2.12. The lowest BCUT2D eigenvalue weighted by atomic mass is 10.1. The quantitative estimate of drug-likeness (QED) is 0.817. The van der Waals surface area contributed by atoms with Crippen molar-refractivity contribution < 1.29 is 18.3 Å². The number of nitrogens with one attached hydrogen (secondary N) is 1. The lowest BCUT2D eigenvalue weighted by Crippen LogP contribution is -2.32. The molecule has 0 aliphatic rings. The van der Waals surface area contributed by atoms with E-state index in [1.807, 2.05) is 0 Å². The van der Waals surface area contributed by atoms with Crippen molar-refractivity contribution in [2.24, 2.45) is 0 Å². The van der Waals surface area contributed by atoms with E-state index in [4.69, 9.17) is 16.7 Å². The van der Waals surface area contributed by atoms with Crippen LogP contribution in [0.4, 0.5) is 5.69 Å². The Morgan fingerprint density at radius 1 is 1.50 bits per heavy atom. The molecule has 20 heavy (non-hydrogen) atoms. The molecular formula is C13H14ClNO4S. The summed E-state index contributed by atoms with van der Waals surface area (Å²) in [5.41, 5.74) is 0.747. The van der Waals surface area contributed by atoms with E-state index >= 15 is 0 Å². The van der Waals surface area contributed by atoms with E-state index in [-0.39, 0.29) is 6.61 Å². The van der Waals surface area contributed by atoms with E-state index in [9.17, 15) is 13.2 Å². The number of carbonyl (C=O) groups is 1. The Kier molecular flexibility index (Phi) is 5.57. The zero-order chi connectivity index (χ0) is 15.3. The number of amides is 1. The summed E-state index contributed by atoms with van der Waals surface area (Å²) in [6.07, 6.45) is 0.988. The second-order valence-corrected chi connectivity index (χ2v) is 6.91. The Balaban J connectivity index is 3.08. The highest BCUT2D eigenvalue weighted by molar-refractivity contribution is 7.92. The first kappa shape index (κ1) is 16.5. The van der Waals surface area contributed by atoms with E-state index < -0.39 is 21.0 Å². The molecule has 5 nitrogen and oxygen atoms in total. The first-order chi connectivity index (χ1) is 9.25. The third kappa shape index (κ3) is 4.53. The van der Waals surface area contributed by atoms with Crippen molar-refractivity contribution in [3.8, 4) is 11.8 Å². The summed E-state index contributed by atoms with van der Waals surface area (Å²) in [4.78, 5) is 11.9. The number of sulfone groups is 1. The minimum absolute atomic E-state index is 0.305. The van der Waals surface area contributed by atoms with Gasteiger partial charge in [0.25, 0.3) is 0 Å². The molecule has 1 rings (SSSR count). The van der Waals surface area contributed by atoms with Crippen LogP contribution >= 0.6 is 11.6 Å². The number of carbonyl (C=O) groups excluding carboxylic acids is 1. The monoisotopic (exact) mass is 315 g/mol. The number of anilines is 1. The Labute approximate surface area is 122 Å². The number of aliphatic hydroxyl groups is 1. The average molecular weight is 316 g/mol. The van der Waals surface area contributed by atoms with Crippen LogP contribution < -0.4 is 5.32 Å². The van der Waals surface area contributed by atoms with Crippen LogP contribution in [0.5, 0.6) is 0 Å². The van der Waals surface area contributed by atoms with Crippen LogP contribution in [-0.2, 0) is 14.6 Å². The van der Waals surface area contributed by atoms with Crippen LogP contribution in [0.1, 0.15) is 12.5 Å². The molecule has 0 radical (unpaired) electrons. The maximum Gasteiger partial charge on any atom is 0.242 e. The van der Waals surface area contributed by atoms with Crippen LogP contribution in [0.15, 0.2) is 18.2 Å². The summed E-state index contributed by atoms with van der Waals surface area (Å²) < 4.78 is 22.7. The zero-order valence-corrected chi connectivity index (χ0v) is 12.5. The molecule has 0 spiro atoms. The van der Waals surface area contributed by atoms with Gasteiger partial charge in [-0.3, -0.25) is 4.79 Å². The predicted octanol–water partition coefficient (Wildman–Crippen LogP) is 1.06. The number of benzene rings is 1. The second kappa shape index (κ2) is 6.75. The molecule has 0 fully saturated rings. The fraction of sp³-hybridized carbons (Fsp3) is 0.308. The van der Waals surface area contributed by atoms with Gasteiger partial charge in [-0.2, -0.15) is 0 Å². The molecule has 1 atom stereocenters. The zero-order valence-electron chi connectivity index (χ0n) is 11.0. The standard InChI is InChI=1S/C13H14ClNO4S/c1-9(20(2,18)19)13(17)15-12-8-11(14)6-5-10(12)4-3-7-16/h5-6,8-9,16H,7H2,1-2H3,(H,15,17). The average Bonchev–Trinajstić information content (AvgIpc) is 2.35. The van der Waals surface area contributed by atoms with Crippen molar-refractivity contribution in [3.63, 3.8) is 0 Å². The van der Waals surface area contributed by atoms with Gasteiger partial charge in [0.1, 0.15) is 11.9 Å². The van der Waals surface area contributed by atoms with Crippen molar-refractivity contribution in [2.75, 3.05) is 18.2 Å². The van der Waals surface area contributed by atoms with E-state index in [1.54, 1.807) is 12.1 Å². The second-order valence-electron chi connectivity index (χ2n) is 4.11. The number of hydrogen-bond donors (Lipinski definition) is 2. The third-order valence-corrected chi connectivity index (χ3v) is 4.29. The normalized spacial score (nSPS) is 12.2. The summed E-state index contributed by atoms with van der Waals surface area (Å²) in [6.45, 7) is 0.976. The first-order valence-corrected chi connectivity index (χ1v) is 7.98.